The Hall–Kier alpha value is -1.59. The number of hydrogen-bond acceptors (Lipinski definition) is 7. The molecule has 3 aromatic rings. The van der Waals surface area contributed by atoms with Crippen LogP contribution in [0.25, 0.3) is 22.6 Å². The van der Waals surface area contributed by atoms with Crippen LogP contribution in [0.5, 0.6) is 0 Å². The summed E-state index contributed by atoms with van der Waals surface area (Å²) in [4.78, 5) is 25.2. The molecule has 0 radical (unpaired) electrons. The predicted molar refractivity (Wildman–Crippen MR) is 142 cm³/mol. The van der Waals surface area contributed by atoms with Crippen molar-refractivity contribution in [2.45, 2.75) is 89.1 Å². The fraction of sp³-hybridized carbons (Fsp3) is 0.640. The molecule has 1 saturated carbocycles. The van der Waals surface area contributed by atoms with Crippen molar-refractivity contribution in [1.82, 2.24) is 29.8 Å². The minimum absolute atomic E-state index is 0.118. The molecule has 2 fully saturated rings. The van der Waals surface area contributed by atoms with Gasteiger partial charge in [0.05, 0.1) is 16.8 Å². The molecule has 1 spiro atoms. The van der Waals surface area contributed by atoms with Gasteiger partial charge in [-0.05, 0) is 94.5 Å². The van der Waals surface area contributed by atoms with Gasteiger partial charge in [-0.1, -0.05) is 23.2 Å². The Balaban J connectivity index is 1.44. The molecule has 0 bridgehead atoms. The highest BCUT2D eigenvalue weighted by Gasteiger charge is 2.48. The van der Waals surface area contributed by atoms with E-state index in [1.807, 2.05) is 4.68 Å². The lowest BCUT2D eigenvalue weighted by atomic mass is 9.64. The third kappa shape index (κ3) is 3.75. The molecule has 10 heteroatoms. The van der Waals surface area contributed by atoms with E-state index in [-0.39, 0.29) is 6.04 Å². The van der Waals surface area contributed by atoms with Crippen molar-refractivity contribution >= 4 is 51.0 Å². The highest BCUT2D eigenvalue weighted by Crippen LogP contribution is 2.47. The van der Waals surface area contributed by atoms with Crippen molar-refractivity contribution in [3.63, 3.8) is 0 Å². The molecule has 1 saturated heterocycles. The number of carbonyl (C=O) groups is 1. The molecule has 8 nitrogen and oxygen atoms in total. The fourth-order valence-electron chi connectivity index (χ4n) is 6.37. The number of nitrogens with zero attached hydrogens (tertiary/aromatic N) is 6. The monoisotopic (exact) mass is 608 g/mol. The molecule has 0 N–H and O–H groups in total. The van der Waals surface area contributed by atoms with Crippen LogP contribution in [0.15, 0.2) is 4.52 Å². The van der Waals surface area contributed by atoms with E-state index in [2.05, 4.69) is 51.5 Å². The highest BCUT2D eigenvalue weighted by molar-refractivity contribution is 14.1. The Morgan fingerprint density at radius 1 is 1.03 bits per heavy atom. The summed E-state index contributed by atoms with van der Waals surface area (Å²) in [6.07, 6.45) is 8.53. The van der Waals surface area contributed by atoms with Crippen molar-refractivity contribution in [2.24, 2.45) is 0 Å². The Morgan fingerprint density at radius 2 is 1.80 bits per heavy atom. The van der Waals surface area contributed by atoms with Crippen molar-refractivity contribution < 1.29 is 9.32 Å². The molecule has 186 valence electrons. The van der Waals surface area contributed by atoms with Gasteiger partial charge >= 0.3 is 0 Å². The molecular weight excluding hydrogens is 579 g/mol. The van der Waals surface area contributed by atoms with Crippen LogP contribution in [0.1, 0.15) is 82.6 Å². The second kappa shape index (κ2) is 9.06. The predicted octanol–water partition coefficient (Wildman–Crippen LogP) is 5.50. The molecular formula is C25H30ClIN6O2. The van der Waals surface area contributed by atoms with Crippen molar-refractivity contribution in [3.05, 3.63) is 20.2 Å². The maximum Gasteiger partial charge on any atom is 0.185 e. The summed E-state index contributed by atoms with van der Waals surface area (Å²) in [6, 6.07) is 0.442. The maximum absolute atomic E-state index is 13.0. The first-order valence-electron chi connectivity index (χ1n) is 12.8. The number of halogens is 2. The topological polar surface area (TPSA) is 89.9 Å². The number of Topliss-reactive ketones (excluding diaryl/α,β-unsaturated/α-hetero) is 1. The van der Waals surface area contributed by atoms with Gasteiger partial charge in [-0.3, -0.25) is 9.69 Å². The van der Waals surface area contributed by atoms with Gasteiger partial charge in [0.1, 0.15) is 14.6 Å². The van der Waals surface area contributed by atoms with Gasteiger partial charge in [-0.2, -0.15) is 5.10 Å². The maximum atomic E-state index is 13.0. The molecule has 0 unspecified atom stereocenters. The summed E-state index contributed by atoms with van der Waals surface area (Å²) in [5.41, 5.74) is 1.78. The third-order valence-corrected chi connectivity index (χ3v) is 9.55. The Kier molecular flexibility index (Phi) is 6.16. The van der Waals surface area contributed by atoms with Crippen molar-refractivity contribution in [3.8, 4) is 11.5 Å². The highest BCUT2D eigenvalue weighted by atomic mass is 127. The number of ketones is 1. The van der Waals surface area contributed by atoms with E-state index >= 15 is 0 Å². The lowest BCUT2D eigenvalue weighted by molar-refractivity contribution is -0.128. The average molecular weight is 609 g/mol. The van der Waals surface area contributed by atoms with Gasteiger partial charge in [-0.25, -0.2) is 14.6 Å². The molecule has 0 aromatic carbocycles. The van der Waals surface area contributed by atoms with Crippen LogP contribution in [-0.2, 0) is 16.6 Å². The smallest absolute Gasteiger partial charge is 0.185 e. The van der Waals surface area contributed by atoms with Gasteiger partial charge < -0.3 is 4.52 Å². The normalized spacial score (nSPS) is 24.9. The van der Waals surface area contributed by atoms with E-state index in [9.17, 15) is 4.79 Å². The Bertz CT molecular complexity index is 1300. The summed E-state index contributed by atoms with van der Waals surface area (Å²) in [5, 5.41) is 10.4. The third-order valence-electron chi connectivity index (χ3n) is 8.52. The molecule has 3 atom stereocenters. The van der Waals surface area contributed by atoms with Crippen molar-refractivity contribution in [2.75, 3.05) is 13.1 Å². The number of fused-ring (bicyclic) bond motifs is 3. The van der Waals surface area contributed by atoms with Gasteiger partial charge in [-0.15, -0.1) is 0 Å². The van der Waals surface area contributed by atoms with Crippen LogP contribution in [0, 0.1) is 3.70 Å². The number of hydrogen-bond donors (Lipinski definition) is 0. The molecule has 4 heterocycles. The van der Waals surface area contributed by atoms with Crippen LogP contribution in [0.4, 0.5) is 0 Å². The zero-order valence-corrected chi connectivity index (χ0v) is 23.1. The fourth-order valence-corrected chi connectivity index (χ4v) is 7.52. The van der Waals surface area contributed by atoms with Gasteiger partial charge in [0.25, 0.3) is 0 Å². The average Bonchev–Trinajstić information content (AvgIpc) is 3.60. The summed E-state index contributed by atoms with van der Waals surface area (Å²) in [7, 11) is 0. The van der Waals surface area contributed by atoms with E-state index in [4.69, 9.17) is 26.2 Å². The minimum Gasteiger partial charge on any atom is -0.359 e. The molecule has 2 aliphatic carbocycles. The first-order chi connectivity index (χ1) is 16.9. The minimum atomic E-state index is -0.526. The quantitative estimate of drug-likeness (QED) is 0.285. The van der Waals surface area contributed by atoms with Crippen LogP contribution in [0.3, 0.4) is 0 Å². The summed E-state index contributed by atoms with van der Waals surface area (Å²) < 4.78 is 8.71. The lowest BCUT2D eigenvalue weighted by Gasteiger charge is -2.36. The standard InChI is InChI=1S/C25H30ClIN6O2/c1-14(32-12-5-6-13-32)15(2)33-24-18(22(27)30-33)21(26)28-23(29-24)19-16-8-7-11-25(20(16)35-31-19)10-4-3-9-17(25)34/h14-15H,3-13H2,1-2H3/t14-,15-,25+/m0/s1. The first-order valence-corrected chi connectivity index (χ1v) is 14.2. The molecule has 35 heavy (non-hydrogen) atoms. The van der Waals surface area contributed by atoms with Crippen LogP contribution >= 0.6 is 34.2 Å². The van der Waals surface area contributed by atoms with E-state index in [0.29, 0.717) is 34.9 Å². The van der Waals surface area contributed by atoms with Crippen LogP contribution in [-0.4, -0.2) is 54.7 Å². The zero-order valence-electron chi connectivity index (χ0n) is 20.2. The van der Waals surface area contributed by atoms with E-state index in [0.717, 1.165) is 77.7 Å². The summed E-state index contributed by atoms with van der Waals surface area (Å²) >= 11 is 8.94. The van der Waals surface area contributed by atoms with E-state index in [1.54, 1.807) is 0 Å². The second-order valence-electron chi connectivity index (χ2n) is 10.4. The van der Waals surface area contributed by atoms with E-state index < -0.39 is 5.41 Å². The lowest BCUT2D eigenvalue weighted by Crippen LogP contribution is -2.41. The summed E-state index contributed by atoms with van der Waals surface area (Å²) in [6.45, 7) is 6.69. The largest absolute Gasteiger partial charge is 0.359 e. The second-order valence-corrected chi connectivity index (χ2v) is 11.8. The number of rotatable bonds is 4. The van der Waals surface area contributed by atoms with E-state index in [1.165, 1.54) is 12.8 Å². The molecule has 0 amide bonds. The number of carbonyl (C=O) groups excluding carboxylic acids is 1. The molecule has 3 aromatic heterocycles. The molecule has 6 rings (SSSR count). The number of likely N-dealkylation sites (tertiary alicyclic amines) is 1. The first kappa shape index (κ1) is 23.8. The molecule has 1 aliphatic heterocycles. The summed E-state index contributed by atoms with van der Waals surface area (Å²) in [5.74, 6) is 1.48. The van der Waals surface area contributed by atoms with Gasteiger partial charge in [0.15, 0.2) is 22.9 Å². The van der Waals surface area contributed by atoms with Crippen molar-refractivity contribution in [1.29, 1.82) is 0 Å². The van der Waals surface area contributed by atoms with Gasteiger partial charge in [0, 0.05) is 18.0 Å². The van der Waals surface area contributed by atoms with Crippen LogP contribution < -0.4 is 0 Å². The zero-order chi connectivity index (χ0) is 24.3. The number of aromatic nitrogens is 5. The molecule has 3 aliphatic rings. The SMILES string of the molecule is C[C@@H]([C@H](C)n1nc(I)c2c(Cl)nc(-c3noc4c3CCC[C@@]43CCCCC3=O)nc21)N1CCCC1. The van der Waals surface area contributed by atoms with Crippen LogP contribution in [0.2, 0.25) is 5.15 Å². The Morgan fingerprint density at radius 3 is 2.57 bits per heavy atom. The Labute approximate surface area is 223 Å². The van der Waals surface area contributed by atoms with Gasteiger partial charge in [0.2, 0.25) is 0 Å².